The van der Waals surface area contributed by atoms with Gasteiger partial charge < -0.3 is 5.73 Å². The molecule has 0 saturated carbocycles. The van der Waals surface area contributed by atoms with Crippen molar-refractivity contribution in [3.8, 4) is 0 Å². The smallest absolute Gasteiger partial charge is 0.258 e. The van der Waals surface area contributed by atoms with E-state index < -0.39 is 15.9 Å². The lowest BCUT2D eigenvalue weighted by Crippen LogP contribution is -2.23. The first-order valence-electron chi connectivity index (χ1n) is 4.28. The lowest BCUT2D eigenvalue weighted by atomic mass is 10.4. The summed E-state index contributed by atoms with van der Waals surface area (Å²) in [5.41, 5.74) is 5.07. The van der Waals surface area contributed by atoms with Gasteiger partial charge >= 0.3 is 0 Å². The van der Waals surface area contributed by atoms with Crippen molar-refractivity contribution in [1.29, 1.82) is 0 Å². The molecule has 1 amide bonds. The molecule has 0 bridgehead atoms. The molecule has 0 unspecified atom stereocenters. The standard InChI is InChI=1S/C8H12N2O3S2/c1-3-10-15(12,13)7-4-6(8(9)11)14-5(7)2/h4,10H,3H2,1-2H3,(H2,9,11). The quantitative estimate of drug-likeness (QED) is 0.811. The second-order valence-corrected chi connectivity index (χ2v) is 5.89. The maximum absolute atomic E-state index is 11.6. The monoisotopic (exact) mass is 248 g/mol. The maximum atomic E-state index is 11.6. The number of nitrogens with two attached hydrogens (primary N) is 1. The summed E-state index contributed by atoms with van der Waals surface area (Å²) in [6.45, 7) is 3.64. The van der Waals surface area contributed by atoms with Crippen LogP contribution in [0.4, 0.5) is 0 Å². The van der Waals surface area contributed by atoms with Crippen LogP contribution in [-0.4, -0.2) is 20.9 Å². The highest BCUT2D eigenvalue weighted by atomic mass is 32.2. The van der Waals surface area contributed by atoms with Gasteiger partial charge in [0.2, 0.25) is 10.0 Å². The molecule has 0 atom stereocenters. The fraction of sp³-hybridized carbons (Fsp3) is 0.375. The molecule has 0 aliphatic heterocycles. The zero-order valence-corrected chi connectivity index (χ0v) is 10.0. The van der Waals surface area contributed by atoms with Crippen LogP contribution >= 0.6 is 11.3 Å². The predicted molar refractivity (Wildman–Crippen MR) is 58.4 cm³/mol. The molecule has 1 aromatic heterocycles. The largest absolute Gasteiger partial charge is 0.365 e. The van der Waals surface area contributed by atoms with Crippen LogP contribution in [0.5, 0.6) is 0 Å². The number of carbonyl (C=O) groups excluding carboxylic acids is 1. The van der Waals surface area contributed by atoms with Crippen molar-refractivity contribution in [2.24, 2.45) is 5.73 Å². The highest BCUT2D eigenvalue weighted by Crippen LogP contribution is 2.25. The molecule has 0 spiro atoms. The topological polar surface area (TPSA) is 89.3 Å². The minimum Gasteiger partial charge on any atom is -0.365 e. The first-order chi connectivity index (χ1) is 6.88. The third-order valence-corrected chi connectivity index (χ3v) is 4.60. The van der Waals surface area contributed by atoms with Crippen LogP contribution in [-0.2, 0) is 10.0 Å². The van der Waals surface area contributed by atoms with E-state index in [9.17, 15) is 13.2 Å². The number of carbonyl (C=O) groups is 1. The highest BCUT2D eigenvalue weighted by molar-refractivity contribution is 7.89. The number of hydrogen-bond donors (Lipinski definition) is 2. The van der Waals surface area contributed by atoms with Gasteiger partial charge in [0.05, 0.1) is 9.77 Å². The molecular formula is C8H12N2O3S2. The number of amides is 1. The molecule has 0 saturated heterocycles. The zero-order valence-electron chi connectivity index (χ0n) is 8.40. The van der Waals surface area contributed by atoms with Crippen LogP contribution in [0.15, 0.2) is 11.0 Å². The average molecular weight is 248 g/mol. The molecule has 0 aliphatic carbocycles. The molecular weight excluding hydrogens is 236 g/mol. The Labute approximate surface area is 92.3 Å². The van der Waals surface area contributed by atoms with Gasteiger partial charge in [0, 0.05) is 11.4 Å². The van der Waals surface area contributed by atoms with E-state index in [1.54, 1.807) is 13.8 Å². The first-order valence-corrected chi connectivity index (χ1v) is 6.58. The summed E-state index contributed by atoms with van der Waals surface area (Å²) in [4.78, 5) is 11.8. The summed E-state index contributed by atoms with van der Waals surface area (Å²) in [7, 11) is -3.50. The molecule has 84 valence electrons. The van der Waals surface area contributed by atoms with Crippen LogP contribution in [0, 0.1) is 6.92 Å². The van der Waals surface area contributed by atoms with Gasteiger partial charge in [-0.05, 0) is 13.0 Å². The minimum atomic E-state index is -3.50. The van der Waals surface area contributed by atoms with Gasteiger partial charge in [0.15, 0.2) is 0 Å². The third-order valence-electron chi connectivity index (χ3n) is 1.74. The third kappa shape index (κ3) is 2.55. The molecule has 0 aliphatic rings. The van der Waals surface area contributed by atoms with E-state index in [-0.39, 0.29) is 9.77 Å². The van der Waals surface area contributed by atoms with E-state index in [4.69, 9.17) is 5.73 Å². The van der Waals surface area contributed by atoms with E-state index in [0.717, 1.165) is 11.3 Å². The van der Waals surface area contributed by atoms with Crippen molar-refractivity contribution >= 4 is 27.3 Å². The number of thiophene rings is 1. The van der Waals surface area contributed by atoms with Crippen LogP contribution in [0.1, 0.15) is 21.5 Å². The number of hydrogen-bond acceptors (Lipinski definition) is 4. The van der Waals surface area contributed by atoms with Gasteiger partial charge in [-0.15, -0.1) is 11.3 Å². The van der Waals surface area contributed by atoms with Crippen molar-refractivity contribution in [3.05, 3.63) is 15.8 Å². The molecule has 1 aromatic rings. The number of aryl methyl sites for hydroxylation is 1. The first kappa shape index (κ1) is 12.2. The van der Waals surface area contributed by atoms with Crippen molar-refractivity contribution in [1.82, 2.24) is 4.72 Å². The summed E-state index contributed by atoms with van der Waals surface area (Å²) in [5, 5.41) is 0. The SMILES string of the molecule is CCNS(=O)(=O)c1cc(C(N)=O)sc1C. The lowest BCUT2D eigenvalue weighted by Gasteiger charge is -2.02. The highest BCUT2D eigenvalue weighted by Gasteiger charge is 2.20. The summed E-state index contributed by atoms with van der Waals surface area (Å²) in [6.07, 6.45) is 0. The molecule has 1 rings (SSSR count). The fourth-order valence-corrected chi connectivity index (χ4v) is 3.60. The van der Waals surface area contributed by atoms with Crippen LogP contribution in [0.3, 0.4) is 0 Å². The maximum Gasteiger partial charge on any atom is 0.258 e. The second-order valence-electron chi connectivity index (χ2n) is 2.90. The Kier molecular flexibility index (Phi) is 3.48. The fourth-order valence-electron chi connectivity index (χ4n) is 1.12. The van der Waals surface area contributed by atoms with E-state index in [0.29, 0.717) is 11.4 Å². The van der Waals surface area contributed by atoms with Crippen LogP contribution < -0.4 is 10.5 Å². The van der Waals surface area contributed by atoms with E-state index >= 15 is 0 Å². The predicted octanol–water partition coefficient (Wildman–Crippen LogP) is 0.454. The number of rotatable bonds is 4. The Morgan fingerprint density at radius 3 is 2.60 bits per heavy atom. The molecule has 3 N–H and O–H groups in total. The molecule has 0 fully saturated rings. The number of nitrogens with one attached hydrogen (secondary N) is 1. The lowest BCUT2D eigenvalue weighted by molar-refractivity contribution is 0.100. The summed E-state index contributed by atoms with van der Waals surface area (Å²) >= 11 is 1.08. The van der Waals surface area contributed by atoms with Crippen molar-refractivity contribution < 1.29 is 13.2 Å². The van der Waals surface area contributed by atoms with Crippen LogP contribution in [0.2, 0.25) is 0 Å². The van der Waals surface area contributed by atoms with E-state index in [2.05, 4.69) is 4.72 Å². The van der Waals surface area contributed by atoms with Gasteiger partial charge in [-0.3, -0.25) is 4.79 Å². The summed E-state index contributed by atoms with van der Waals surface area (Å²) in [5.74, 6) is -0.610. The molecule has 5 nitrogen and oxygen atoms in total. The second kappa shape index (κ2) is 4.30. The van der Waals surface area contributed by atoms with Crippen molar-refractivity contribution in [2.45, 2.75) is 18.7 Å². The number of primary amides is 1. The summed E-state index contributed by atoms with van der Waals surface area (Å²) in [6, 6.07) is 1.31. The van der Waals surface area contributed by atoms with Crippen LogP contribution in [0.25, 0.3) is 0 Å². The molecule has 0 radical (unpaired) electrons. The van der Waals surface area contributed by atoms with Gasteiger partial charge in [0.1, 0.15) is 0 Å². The minimum absolute atomic E-state index is 0.128. The Bertz CT molecular complexity index is 476. The summed E-state index contributed by atoms with van der Waals surface area (Å²) < 4.78 is 25.6. The van der Waals surface area contributed by atoms with E-state index in [1.165, 1.54) is 6.07 Å². The van der Waals surface area contributed by atoms with Crippen molar-refractivity contribution in [3.63, 3.8) is 0 Å². The van der Waals surface area contributed by atoms with Crippen molar-refractivity contribution in [2.75, 3.05) is 6.54 Å². The van der Waals surface area contributed by atoms with E-state index in [1.807, 2.05) is 0 Å². The van der Waals surface area contributed by atoms with Gasteiger partial charge in [-0.2, -0.15) is 0 Å². The van der Waals surface area contributed by atoms with Gasteiger partial charge in [-0.1, -0.05) is 6.92 Å². The average Bonchev–Trinajstić information content (AvgIpc) is 2.47. The molecule has 1 heterocycles. The molecule has 0 aromatic carbocycles. The van der Waals surface area contributed by atoms with Gasteiger partial charge in [0.25, 0.3) is 5.91 Å². The Balaban J connectivity index is 3.21. The number of sulfonamides is 1. The Hall–Kier alpha value is -0.920. The normalized spacial score (nSPS) is 11.6. The molecule has 15 heavy (non-hydrogen) atoms. The zero-order chi connectivity index (χ0) is 11.6. The Morgan fingerprint density at radius 1 is 1.60 bits per heavy atom. The molecule has 7 heteroatoms. The Morgan fingerprint density at radius 2 is 2.20 bits per heavy atom. The van der Waals surface area contributed by atoms with Gasteiger partial charge in [-0.25, -0.2) is 13.1 Å².